The summed E-state index contributed by atoms with van der Waals surface area (Å²) < 4.78 is 5.97. The van der Waals surface area contributed by atoms with Gasteiger partial charge in [-0.15, -0.1) is 0 Å². The number of nitrogens with two attached hydrogens (primary N) is 1. The van der Waals surface area contributed by atoms with Crippen molar-refractivity contribution in [2.75, 3.05) is 0 Å². The van der Waals surface area contributed by atoms with E-state index in [2.05, 4.69) is 9.97 Å². The highest BCUT2D eigenvalue weighted by molar-refractivity contribution is 5.36. The van der Waals surface area contributed by atoms with Crippen LogP contribution in [-0.2, 0) is 19.4 Å². The maximum absolute atomic E-state index is 5.97. The molecule has 3 rings (SSSR count). The fraction of sp³-hybridized carbons (Fsp3) is 0.375. The Labute approximate surface area is 119 Å². The molecule has 0 atom stereocenters. The Bertz CT molecular complexity index is 598. The van der Waals surface area contributed by atoms with Crippen LogP contribution >= 0.6 is 0 Å². The van der Waals surface area contributed by atoms with Crippen LogP contribution in [0.15, 0.2) is 30.6 Å². The Kier molecular flexibility index (Phi) is 3.92. The van der Waals surface area contributed by atoms with E-state index in [1.807, 2.05) is 24.3 Å². The molecule has 0 bridgehead atoms. The van der Waals surface area contributed by atoms with Gasteiger partial charge in [0.2, 0.25) is 5.88 Å². The third kappa shape index (κ3) is 2.80. The largest absolute Gasteiger partial charge is 0.439 e. The average molecular weight is 269 g/mol. The molecule has 0 radical (unpaired) electrons. The van der Waals surface area contributed by atoms with E-state index in [9.17, 15) is 0 Å². The highest BCUT2D eigenvalue weighted by atomic mass is 16.5. The first kappa shape index (κ1) is 13.1. The molecule has 0 fully saturated rings. The maximum Gasteiger partial charge on any atom is 0.225 e. The van der Waals surface area contributed by atoms with Crippen molar-refractivity contribution in [1.82, 2.24) is 9.97 Å². The van der Waals surface area contributed by atoms with Gasteiger partial charge in [0, 0.05) is 12.1 Å². The summed E-state index contributed by atoms with van der Waals surface area (Å²) in [5, 5.41) is 0. The Morgan fingerprint density at radius 1 is 1.10 bits per heavy atom. The minimum atomic E-state index is 0.513. The van der Waals surface area contributed by atoms with Crippen LogP contribution in [-0.4, -0.2) is 9.97 Å². The summed E-state index contributed by atoms with van der Waals surface area (Å²) in [6, 6.07) is 7.85. The normalized spacial score (nSPS) is 14.4. The molecule has 0 spiro atoms. The van der Waals surface area contributed by atoms with E-state index in [0.717, 1.165) is 29.8 Å². The van der Waals surface area contributed by atoms with Crippen molar-refractivity contribution in [2.45, 2.75) is 38.6 Å². The third-order valence-corrected chi connectivity index (χ3v) is 3.68. The molecular weight excluding hydrogens is 250 g/mol. The fourth-order valence-corrected chi connectivity index (χ4v) is 2.60. The topological polar surface area (TPSA) is 61.0 Å². The first-order valence-corrected chi connectivity index (χ1v) is 7.16. The van der Waals surface area contributed by atoms with E-state index in [1.54, 1.807) is 6.33 Å². The van der Waals surface area contributed by atoms with Crippen molar-refractivity contribution < 1.29 is 4.74 Å². The van der Waals surface area contributed by atoms with Crippen LogP contribution in [0.2, 0.25) is 0 Å². The van der Waals surface area contributed by atoms with Gasteiger partial charge in [-0.3, -0.25) is 0 Å². The number of rotatable bonds is 3. The van der Waals surface area contributed by atoms with Gasteiger partial charge in [0.15, 0.2) is 0 Å². The molecular formula is C16H19N3O. The minimum Gasteiger partial charge on any atom is -0.439 e. The predicted octanol–water partition coefficient (Wildman–Crippen LogP) is 3.00. The zero-order valence-corrected chi connectivity index (χ0v) is 11.5. The first-order valence-electron chi connectivity index (χ1n) is 7.16. The summed E-state index contributed by atoms with van der Waals surface area (Å²) in [5.41, 5.74) is 9.03. The Hall–Kier alpha value is -1.94. The number of hydrogen-bond donors (Lipinski definition) is 1. The molecule has 104 valence electrons. The molecule has 0 saturated heterocycles. The van der Waals surface area contributed by atoms with Crippen molar-refractivity contribution in [3.63, 3.8) is 0 Å². The molecule has 4 heteroatoms. The van der Waals surface area contributed by atoms with Gasteiger partial charge in [-0.05, 0) is 43.4 Å². The lowest BCUT2D eigenvalue weighted by Crippen LogP contribution is -2.02. The smallest absolute Gasteiger partial charge is 0.225 e. The van der Waals surface area contributed by atoms with Gasteiger partial charge < -0.3 is 10.5 Å². The van der Waals surface area contributed by atoms with E-state index in [0.29, 0.717) is 12.4 Å². The van der Waals surface area contributed by atoms with Crippen molar-refractivity contribution in [3.8, 4) is 11.6 Å². The SMILES string of the molecule is NCc1cccc(Oc2ncnc3c2CCCCC3)c1. The second-order valence-corrected chi connectivity index (χ2v) is 5.12. The molecule has 0 unspecified atom stereocenters. The van der Waals surface area contributed by atoms with Gasteiger partial charge in [0.05, 0.1) is 5.69 Å². The van der Waals surface area contributed by atoms with Crippen LogP contribution < -0.4 is 10.5 Å². The van der Waals surface area contributed by atoms with Crippen LogP contribution in [0, 0.1) is 0 Å². The first-order chi connectivity index (χ1) is 9.86. The quantitative estimate of drug-likeness (QED) is 0.870. The summed E-state index contributed by atoms with van der Waals surface area (Å²) in [6.45, 7) is 0.513. The standard InChI is InChI=1S/C16H19N3O/c17-10-12-5-4-6-13(9-12)20-16-14-7-2-1-3-8-15(14)18-11-19-16/h4-6,9,11H,1-3,7-8,10,17H2. The van der Waals surface area contributed by atoms with E-state index in [4.69, 9.17) is 10.5 Å². The summed E-state index contributed by atoms with van der Waals surface area (Å²) in [6.07, 6.45) is 7.26. The molecule has 2 aromatic rings. The van der Waals surface area contributed by atoms with Crippen LogP contribution in [0.4, 0.5) is 0 Å². The van der Waals surface area contributed by atoms with Crippen LogP contribution in [0.25, 0.3) is 0 Å². The number of aryl methyl sites for hydroxylation is 1. The molecule has 0 aliphatic heterocycles. The number of benzene rings is 1. The molecule has 1 aromatic carbocycles. The molecule has 1 aromatic heterocycles. The number of ether oxygens (including phenoxy) is 1. The number of hydrogen-bond acceptors (Lipinski definition) is 4. The Balaban J connectivity index is 1.90. The van der Waals surface area contributed by atoms with Crippen LogP contribution in [0.5, 0.6) is 11.6 Å². The molecule has 1 aliphatic carbocycles. The molecule has 1 heterocycles. The maximum atomic E-state index is 5.97. The molecule has 1 aliphatic rings. The second kappa shape index (κ2) is 6.01. The van der Waals surface area contributed by atoms with E-state index >= 15 is 0 Å². The van der Waals surface area contributed by atoms with Gasteiger partial charge in [-0.1, -0.05) is 18.6 Å². The lowest BCUT2D eigenvalue weighted by Gasteiger charge is -2.11. The van der Waals surface area contributed by atoms with E-state index < -0.39 is 0 Å². The number of fused-ring (bicyclic) bond motifs is 1. The average Bonchev–Trinajstić information content (AvgIpc) is 2.73. The second-order valence-electron chi connectivity index (χ2n) is 5.12. The predicted molar refractivity (Wildman–Crippen MR) is 77.7 cm³/mol. The Morgan fingerprint density at radius 3 is 2.90 bits per heavy atom. The lowest BCUT2D eigenvalue weighted by atomic mass is 10.1. The van der Waals surface area contributed by atoms with Gasteiger partial charge in [0.1, 0.15) is 12.1 Å². The number of nitrogens with zero attached hydrogens (tertiary/aromatic N) is 2. The zero-order chi connectivity index (χ0) is 13.8. The fourth-order valence-electron chi connectivity index (χ4n) is 2.60. The molecule has 20 heavy (non-hydrogen) atoms. The third-order valence-electron chi connectivity index (χ3n) is 3.68. The summed E-state index contributed by atoms with van der Waals surface area (Å²) in [4.78, 5) is 8.72. The van der Waals surface area contributed by atoms with Crippen LogP contribution in [0.3, 0.4) is 0 Å². The van der Waals surface area contributed by atoms with Gasteiger partial charge >= 0.3 is 0 Å². The van der Waals surface area contributed by atoms with Crippen molar-refractivity contribution in [2.24, 2.45) is 5.73 Å². The lowest BCUT2D eigenvalue weighted by molar-refractivity contribution is 0.452. The highest BCUT2D eigenvalue weighted by Crippen LogP contribution is 2.29. The molecule has 0 saturated carbocycles. The zero-order valence-electron chi connectivity index (χ0n) is 11.5. The molecule has 0 amide bonds. The summed E-state index contributed by atoms with van der Waals surface area (Å²) in [7, 11) is 0. The van der Waals surface area contributed by atoms with Crippen molar-refractivity contribution in [1.29, 1.82) is 0 Å². The van der Waals surface area contributed by atoms with Gasteiger partial charge in [-0.2, -0.15) is 0 Å². The minimum absolute atomic E-state index is 0.513. The monoisotopic (exact) mass is 269 g/mol. The van der Waals surface area contributed by atoms with Crippen molar-refractivity contribution in [3.05, 3.63) is 47.4 Å². The highest BCUT2D eigenvalue weighted by Gasteiger charge is 2.15. The van der Waals surface area contributed by atoms with Crippen LogP contribution in [0.1, 0.15) is 36.1 Å². The Morgan fingerprint density at radius 2 is 2.00 bits per heavy atom. The van der Waals surface area contributed by atoms with Crippen molar-refractivity contribution >= 4 is 0 Å². The summed E-state index contributed by atoms with van der Waals surface area (Å²) >= 11 is 0. The number of aromatic nitrogens is 2. The van der Waals surface area contributed by atoms with Gasteiger partial charge in [-0.25, -0.2) is 9.97 Å². The van der Waals surface area contributed by atoms with E-state index in [1.165, 1.54) is 24.8 Å². The molecule has 2 N–H and O–H groups in total. The molecule has 4 nitrogen and oxygen atoms in total. The summed E-state index contributed by atoms with van der Waals surface area (Å²) in [5.74, 6) is 1.49. The van der Waals surface area contributed by atoms with E-state index in [-0.39, 0.29) is 0 Å². The van der Waals surface area contributed by atoms with Gasteiger partial charge in [0.25, 0.3) is 0 Å².